The minimum absolute atomic E-state index is 0.0536. The van der Waals surface area contributed by atoms with E-state index in [0.717, 1.165) is 28.3 Å². The van der Waals surface area contributed by atoms with Crippen LogP contribution in [0.25, 0.3) is 10.6 Å². The number of aryl methyl sites for hydroxylation is 1. The van der Waals surface area contributed by atoms with Gasteiger partial charge in [0, 0.05) is 24.0 Å². The van der Waals surface area contributed by atoms with Gasteiger partial charge in [-0.15, -0.1) is 11.3 Å². The quantitative estimate of drug-likeness (QED) is 0.274. The maximum atomic E-state index is 12.8. The second-order valence-corrected chi connectivity index (χ2v) is 8.93. The average molecular weight is 487 g/mol. The molecule has 5 nitrogen and oxygen atoms in total. The molecular weight excluding hydrogens is 465 g/mol. The van der Waals surface area contributed by atoms with Crippen LogP contribution >= 0.6 is 11.3 Å². The highest BCUT2D eigenvalue weighted by Crippen LogP contribution is 2.34. The summed E-state index contributed by atoms with van der Waals surface area (Å²) in [7, 11) is 0. The topological polar surface area (TPSA) is 65.2 Å². The van der Waals surface area contributed by atoms with Crippen LogP contribution in [0, 0.1) is 6.92 Å². The summed E-state index contributed by atoms with van der Waals surface area (Å²) in [6.07, 6.45) is -2.57. The van der Waals surface area contributed by atoms with Crippen LogP contribution in [0.2, 0.25) is 0 Å². The van der Waals surface area contributed by atoms with Crippen molar-refractivity contribution in [2.24, 2.45) is 0 Å². The van der Waals surface area contributed by atoms with E-state index in [-0.39, 0.29) is 18.3 Å². The lowest BCUT2D eigenvalue weighted by atomic mass is 9.91. The summed E-state index contributed by atoms with van der Waals surface area (Å²) in [6, 6.07) is 14.2. The number of nitrogens with zero attached hydrogens (tertiary/aromatic N) is 2. The minimum Gasteiger partial charge on any atom is -0.488 e. The molecule has 2 aromatic carbocycles. The molecule has 0 radical (unpaired) electrons. The summed E-state index contributed by atoms with van der Waals surface area (Å²) in [5.41, 5.74) is 2.32. The van der Waals surface area contributed by atoms with Crippen LogP contribution in [-0.4, -0.2) is 15.9 Å². The Bertz CT molecular complexity index is 1250. The number of halogens is 3. The number of carbonyl (C=O) groups is 1. The highest BCUT2D eigenvalue weighted by atomic mass is 32.1. The number of rotatable bonds is 8. The fraction of sp³-hybridized carbons (Fsp3) is 0.240. The van der Waals surface area contributed by atoms with Crippen molar-refractivity contribution in [3.05, 3.63) is 88.3 Å². The third kappa shape index (κ3) is 5.53. The zero-order valence-corrected chi connectivity index (χ0v) is 19.2. The molecule has 0 aliphatic rings. The molecule has 176 valence electrons. The van der Waals surface area contributed by atoms with Gasteiger partial charge in [-0.05, 0) is 43.7 Å². The molecule has 0 unspecified atom stereocenters. The molecule has 2 aromatic heterocycles. The standard InChI is InChI=1S/C25H21F3N2O3S/c1-15(31)13-21(22-11-12-33-30-22)17-5-9-20(10-6-17)32-14-23-16(2)29-24(34-23)18-3-7-19(8-4-18)25(26,27)28/h3-12,21H,13-14H2,1-2H3/t21-/m1/s1. The fourth-order valence-electron chi connectivity index (χ4n) is 3.51. The first-order valence-electron chi connectivity index (χ1n) is 10.5. The number of benzene rings is 2. The van der Waals surface area contributed by atoms with Gasteiger partial charge in [0.15, 0.2) is 0 Å². The van der Waals surface area contributed by atoms with Crippen molar-refractivity contribution >= 4 is 17.1 Å². The van der Waals surface area contributed by atoms with Gasteiger partial charge in [-0.25, -0.2) is 4.98 Å². The van der Waals surface area contributed by atoms with Crippen LogP contribution in [-0.2, 0) is 17.6 Å². The van der Waals surface area contributed by atoms with Crippen LogP contribution in [0.5, 0.6) is 5.75 Å². The van der Waals surface area contributed by atoms with Crippen molar-refractivity contribution in [2.75, 3.05) is 0 Å². The van der Waals surface area contributed by atoms with Gasteiger partial charge in [0.05, 0.1) is 21.8 Å². The van der Waals surface area contributed by atoms with Crippen LogP contribution in [0.1, 0.15) is 46.7 Å². The van der Waals surface area contributed by atoms with Crippen molar-refractivity contribution < 1.29 is 27.2 Å². The van der Waals surface area contributed by atoms with Crippen molar-refractivity contribution in [3.8, 4) is 16.3 Å². The fourth-order valence-corrected chi connectivity index (χ4v) is 4.50. The van der Waals surface area contributed by atoms with E-state index < -0.39 is 11.7 Å². The summed E-state index contributed by atoms with van der Waals surface area (Å²) in [6.45, 7) is 3.67. The Morgan fingerprint density at radius 2 is 1.79 bits per heavy atom. The number of ketones is 1. The monoisotopic (exact) mass is 486 g/mol. The van der Waals surface area contributed by atoms with Gasteiger partial charge < -0.3 is 9.26 Å². The van der Waals surface area contributed by atoms with Crippen molar-refractivity contribution in [2.45, 2.75) is 39.0 Å². The van der Waals surface area contributed by atoms with Gasteiger partial charge in [-0.3, -0.25) is 4.79 Å². The van der Waals surface area contributed by atoms with E-state index in [1.807, 2.05) is 31.2 Å². The van der Waals surface area contributed by atoms with Gasteiger partial charge in [0.1, 0.15) is 29.4 Å². The third-order valence-corrected chi connectivity index (χ3v) is 6.49. The largest absolute Gasteiger partial charge is 0.488 e. The molecule has 9 heteroatoms. The van der Waals surface area contributed by atoms with Gasteiger partial charge in [0.2, 0.25) is 0 Å². The SMILES string of the molecule is CC(=O)C[C@H](c1ccc(OCc2sc(-c3ccc(C(F)(F)F)cc3)nc2C)cc1)c1ccon1. The molecule has 0 spiro atoms. The first kappa shape index (κ1) is 23.7. The van der Waals surface area contributed by atoms with Gasteiger partial charge in [-0.2, -0.15) is 13.2 Å². The van der Waals surface area contributed by atoms with Crippen molar-refractivity contribution in [1.82, 2.24) is 10.1 Å². The Balaban J connectivity index is 1.44. The maximum absolute atomic E-state index is 12.8. The summed E-state index contributed by atoms with van der Waals surface area (Å²) in [4.78, 5) is 17.1. The third-order valence-electron chi connectivity index (χ3n) is 5.31. The Morgan fingerprint density at radius 3 is 2.38 bits per heavy atom. The molecule has 0 amide bonds. The number of alkyl halides is 3. The van der Waals surface area contributed by atoms with Crippen LogP contribution < -0.4 is 4.74 Å². The zero-order chi connectivity index (χ0) is 24.3. The summed E-state index contributed by atoms with van der Waals surface area (Å²) >= 11 is 1.38. The van der Waals surface area contributed by atoms with E-state index in [1.165, 1.54) is 29.7 Å². The van der Waals surface area contributed by atoms with Crippen molar-refractivity contribution in [1.29, 1.82) is 0 Å². The normalized spacial score (nSPS) is 12.5. The number of ether oxygens (including phenoxy) is 1. The summed E-state index contributed by atoms with van der Waals surface area (Å²) < 4.78 is 49.2. The summed E-state index contributed by atoms with van der Waals surface area (Å²) in [5, 5.41) is 4.62. The lowest BCUT2D eigenvalue weighted by molar-refractivity contribution is -0.137. The van der Waals surface area contributed by atoms with Gasteiger partial charge >= 0.3 is 6.18 Å². The predicted molar refractivity (Wildman–Crippen MR) is 122 cm³/mol. The number of carbonyl (C=O) groups excluding carboxylic acids is 1. The minimum atomic E-state index is -4.37. The smallest absolute Gasteiger partial charge is 0.416 e. The van der Waals surface area contributed by atoms with Gasteiger partial charge in [-0.1, -0.05) is 29.4 Å². The number of aromatic nitrogens is 2. The summed E-state index contributed by atoms with van der Waals surface area (Å²) in [5.74, 6) is 0.507. The first-order chi connectivity index (χ1) is 16.2. The van der Waals surface area contributed by atoms with Crippen LogP contribution in [0.4, 0.5) is 13.2 Å². The molecule has 1 atom stereocenters. The molecule has 0 saturated heterocycles. The Labute approximate surface area is 198 Å². The Hall–Kier alpha value is -3.46. The van der Waals surface area contributed by atoms with Crippen molar-refractivity contribution in [3.63, 3.8) is 0 Å². The average Bonchev–Trinajstić information content (AvgIpc) is 3.46. The highest BCUT2D eigenvalue weighted by Gasteiger charge is 2.30. The molecule has 0 saturated carbocycles. The predicted octanol–water partition coefficient (Wildman–Crippen LogP) is 6.82. The number of Topliss-reactive ketones (excluding diaryl/α,β-unsaturated/α-hetero) is 1. The van der Waals surface area contributed by atoms with Crippen LogP contribution in [0.15, 0.2) is 65.4 Å². The zero-order valence-electron chi connectivity index (χ0n) is 18.4. The van der Waals surface area contributed by atoms with Crippen LogP contribution in [0.3, 0.4) is 0 Å². The molecule has 0 aliphatic heterocycles. The molecule has 4 rings (SSSR count). The second-order valence-electron chi connectivity index (χ2n) is 7.84. The maximum Gasteiger partial charge on any atom is 0.416 e. The molecule has 0 aliphatic carbocycles. The van der Waals surface area contributed by atoms with E-state index >= 15 is 0 Å². The lowest BCUT2D eigenvalue weighted by Gasteiger charge is -2.14. The number of hydrogen-bond acceptors (Lipinski definition) is 6. The molecule has 34 heavy (non-hydrogen) atoms. The molecule has 4 aromatic rings. The number of thiazole rings is 1. The Kier molecular flexibility index (Phi) is 6.83. The van der Waals surface area contributed by atoms with Gasteiger partial charge in [0.25, 0.3) is 0 Å². The highest BCUT2D eigenvalue weighted by molar-refractivity contribution is 7.15. The molecule has 0 N–H and O–H groups in total. The lowest BCUT2D eigenvalue weighted by Crippen LogP contribution is -2.06. The number of hydrogen-bond donors (Lipinski definition) is 0. The van der Waals surface area contributed by atoms with E-state index in [9.17, 15) is 18.0 Å². The first-order valence-corrected chi connectivity index (χ1v) is 11.3. The van der Waals surface area contributed by atoms with E-state index in [4.69, 9.17) is 9.26 Å². The molecular formula is C25H21F3N2O3S. The molecule has 0 bridgehead atoms. The Morgan fingerprint density at radius 1 is 1.09 bits per heavy atom. The second kappa shape index (κ2) is 9.80. The van der Waals surface area contributed by atoms with E-state index in [0.29, 0.717) is 28.4 Å². The molecule has 0 fully saturated rings. The van der Waals surface area contributed by atoms with E-state index in [2.05, 4.69) is 10.1 Å². The van der Waals surface area contributed by atoms with E-state index in [1.54, 1.807) is 13.0 Å². The molecule has 2 heterocycles.